The number of nitrogens with zero attached hydrogens (tertiary/aromatic N) is 6. The Kier molecular flexibility index (Phi) is 6.15. The molecule has 0 amide bonds. The lowest BCUT2D eigenvalue weighted by atomic mass is 10.1. The van der Waals surface area contributed by atoms with E-state index in [2.05, 4.69) is 37.0 Å². The van der Waals surface area contributed by atoms with E-state index in [1.54, 1.807) is 11.3 Å². The van der Waals surface area contributed by atoms with Gasteiger partial charge in [0.2, 0.25) is 0 Å². The lowest BCUT2D eigenvalue weighted by molar-refractivity contribution is 0.109. The van der Waals surface area contributed by atoms with E-state index in [1.165, 1.54) is 4.88 Å². The maximum atomic E-state index is 9.20. The number of aromatic nitrogens is 4. The third-order valence-corrected chi connectivity index (χ3v) is 7.73. The number of ether oxygens (including phenoxy) is 1. The second kappa shape index (κ2) is 9.55. The summed E-state index contributed by atoms with van der Waals surface area (Å²) >= 11 is 1.77. The zero-order chi connectivity index (χ0) is 22.9. The smallest absolute Gasteiger partial charge is 0.163 e. The third-order valence-electron chi connectivity index (χ3n) is 6.72. The normalized spacial score (nSPS) is 18.3. The van der Waals surface area contributed by atoms with Crippen molar-refractivity contribution in [2.75, 3.05) is 70.5 Å². The number of benzene rings is 1. The Morgan fingerprint density at radius 3 is 2.65 bits per heavy atom. The molecule has 178 valence electrons. The molecule has 0 aliphatic carbocycles. The molecule has 2 saturated heterocycles. The summed E-state index contributed by atoms with van der Waals surface area (Å²) in [5, 5.41) is 18.6. The molecule has 2 fully saturated rings. The zero-order valence-corrected chi connectivity index (χ0v) is 19.9. The van der Waals surface area contributed by atoms with E-state index in [1.807, 2.05) is 18.3 Å². The van der Waals surface area contributed by atoms with E-state index in [4.69, 9.17) is 14.7 Å². The van der Waals surface area contributed by atoms with E-state index >= 15 is 0 Å². The molecule has 2 aliphatic heterocycles. The first kappa shape index (κ1) is 21.9. The highest BCUT2D eigenvalue weighted by Gasteiger charge is 2.22. The molecule has 2 aliphatic rings. The van der Waals surface area contributed by atoms with Gasteiger partial charge in [-0.25, -0.2) is 9.97 Å². The van der Waals surface area contributed by atoms with Crippen molar-refractivity contribution in [2.45, 2.75) is 6.54 Å². The van der Waals surface area contributed by atoms with Gasteiger partial charge < -0.3 is 14.7 Å². The molecule has 34 heavy (non-hydrogen) atoms. The topological polar surface area (TPSA) is 93.6 Å². The van der Waals surface area contributed by atoms with Gasteiger partial charge in [0.15, 0.2) is 5.82 Å². The summed E-state index contributed by atoms with van der Waals surface area (Å²) in [6.45, 7) is 9.05. The highest BCUT2D eigenvalue weighted by atomic mass is 32.1. The van der Waals surface area contributed by atoms with Gasteiger partial charge in [0, 0.05) is 68.2 Å². The Morgan fingerprint density at radius 2 is 1.82 bits per heavy atom. The van der Waals surface area contributed by atoms with Crippen LogP contribution in [0.25, 0.3) is 32.5 Å². The molecule has 6 rings (SSSR count). The standard InChI is InChI=1S/C24H29N7O2S/c32-11-8-29-4-6-30(7-5-29)16-17-14-19-23(31-9-12-33-13-10-31)26-22(27-24(19)34-17)18-2-1-3-21-20(18)15-25-28-21/h1-3,14-15,32H,4-13,16H2,(H,25,28). The summed E-state index contributed by atoms with van der Waals surface area (Å²) in [7, 11) is 0. The van der Waals surface area contributed by atoms with Crippen LogP contribution in [0.4, 0.5) is 5.82 Å². The van der Waals surface area contributed by atoms with Gasteiger partial charge in [-0.3, -0.25) is 14.9 Å². The van der Waals surface area contributed by atoms with Crippen molar-refractivity contribution in [3.05, 3.63) is 35.3 Å². The van der Waals surface area contributed by atoms with Crippen LogP contribution in [-0.4, -0.2) is 101 Å². The Hall–Kier alpha value is -2.63. The van der Waals surface area contributed by atoms with Crippen LogP contribution in [0, 0.1) is 0 Å². The molecule has 4 aromatic rings. The molecule has 10 heteroatoms. The quantitative estimate of drug-likeness (QED) is 0.435. The minimum absolute atomic E-state index is 0.230. The molecule has 0 atom stereocenters. The second-order valence-corrected chi connectivity index (χ2v) is 10.00. The van der Waals surface area contributed by atoms with Crippen molar-refractivity contribution in [1.29, 1.82) is 0 Å². The molecule has 0 saturated carbocycles. The van der Waals surface area contributed by atoms with Crippen LogP contribution in [0.5, 0.6) is 0 Å². The molecule has 0 unspecified atom stereocenters. The van der Waals surface area contributed by atoms with Gasteiger partial charge in [-0.15, -0.1) is 11.3 Å². The van der Waals surface area contributed by atoms with Crippen molar-refractivity contribution in [3.63, 3.8) is 0 Å². The molecule has 9 nitrogen and oxygen atoms in total. The number of β-amino-alcohol motifs (C(OH)–C–C–N with tert-alkyl or cyclic N) is 1. The van der Waals surface area contributed by atoms with E-state index in [-0.39, 0.29) is 6.61 Å². The first-order valence-corrected chi connectivity index (χ1v) is 12.7. The predicted octanol–water partition coefficient (Wildman–Crippen LogP) is 2.18. The number of morpholine rings is 1. The molecule has 0 bridgehead atoms. The van der Waals surface area contributed by atoms with Gasteiger partial charge in [0.05, 0.1) is 36.9 Å². The summed E-state index contributed by atoms with van der Waals surface area (Å²) in [5.41, 5.74) is 1.99. The number of thiophene rings is 1. The molecular formula is C24H29N7O2S. The minimum Gasteiger partial charge on any atom is -0.395 e. The largest absolute Gasteiger partial charge is 0.395 e. The van der Waals surface area contributed by atoms with Crippen LogP contribution in [0.2, 0.25) is 0 Å². The number of fused-ring (bicyclic) bond motifs is 2. The Morgan fingerprint density at radius 1 is 1.00 bits per heavy atom. The highest BCUT2D eigenvalue weighted by molar-refractivity contribution is 7.18. The average Bonchev–Trinajstić information content (AvgIpc) is 3.52. The van der Waals surface area contributed by atoms with Crippen molar-refractivity contribution in [1.82, 2.24) is 30.0 Å². The van der Waals surface area contributed by atoms with Crippen LogP contribution in [0.15, 0.2) is 30.5 Å². The Labute approximate surface area is 202 Å². The van der Waals surface area contributed by atoms with Crippen molar-refractivity contribution in [3.8, 4) is 11.4 Å². The number of anilines is 1. The summed E-state index contributed by atoms with van der Waals surface area (Å²) < 4.78 is 5.61. The molecular weight excluding hydrogens is 450 g/mol. The minimum atomic E-state index is 0.230. The first-order chi connectivity index (χ1) is 16.8. The van der Waals surface area contributed by atoms with E-state index in [9.17, 15) is 5.11 Å². The van der Waals surface area contributed by atoms with Gasteiger partial charge in [-0.2, -0.15) is 5.10 Å². The summed E-state index contributed by atoms with van der Waals surface area (Å²) in [6.07, 6.45) is 1.85. The van der Waals surface area contributed by atoms with Crippen molar-refractivity contribution >= 4 is 38.3 Å². The number of aliphatic hydroxyl groups is 1. The van der Waals surface area contributed by atoms with Gasteiger partial charge in [0.1, 0.15) is 10.6 Å². The number of rotatable bonds is 6. The number of nitrogens with one attached hydrogen (secondary N) is 1. The van der Waals surface area contributed by atoms with Crippen molar-refractivity contribution in [2.24, 2.45) is 0 Å². The zero-order valence-electron chi connectivity index (χ0n) is 19.1. The lowest BCUT2D eigenvalue weighted by Crippen LogP contribution is -2.46. The second-order valence-electron chi connectivity index (χ2n) is 8.88. The van der Waals surface area contributed by atoms with Crippen LogP contribution < -0.4 is 4.90 Å². The van der Waals surface area contributed by atoms with Crippen LogP contribution in [-0.2, 0) is 11.3 Å². The maximum absolute atomic E-state index is 9.20. The lowest BCUT2D eigenvalue weighted by Gasteiger charge is -2.34. The van der Waals surface area contributed by atoms with E-state index < -0.39 is 0 Å². The number of hydrogen-bond donors (Lipinski definition) is 2. The van der Waals surface area contributed by atoms with Gasteiger partial charge in [0.25, 0.3) is 0 Å². The maximum Gasteiger partial charge on any atom is 0.163 e. The monoisotopic (exact) mass is 479 g/mol. The number of aliphatic hydroxyl groups excluding tert-OH is 1. The highest BCUT2D eigenvalue weighted by Crippen LogP contribution is 2.35. The van der Waals surface area contributed by atoms with E-state index in [0.29, 0.717) is 13.2 Å². The number of aromatic amines is 1. The molecule has 0 spiro atoms. The third kappa shape index (κ3) is 4.27. The Bertz CT molecular complexity index is 1280. The summed E-state index contributed by atoms with van der Waals surface area (Å²) in [6, 6.07) is 8.40. The number of hydrogen-bond acceptors (Lipinski definition) is 9. The van der Waals surface area contributed by atoms with Crippen LogP contribution >= 0.6 is 11.3 Å². The number of H-pyrrole nitrogens is 1. The summed E-state index contributed by atoms with van der Waals surface area (Å²) in [5.74, 6) is 1.74. The molecule has 3 aromatic heterocycles. The molecule has 1 aromatic carbocycles. The van der Waals surface area contributed by atoms with Gasteiger partial charge in [-0.05, 0) is 12.1 Å². The van der Waals surface area contributed by atoms with Crippen LogP contribution in [0.1, 0.15) is 4.88 Å². The fourth-order valence-corrected chi connectivity index (χ4v) is 5.93. The predicted molar refractivity (Wildman–Crippen MR) is 134 cm³/mol. The number of piperazine rings is 1. The van der Waals surface area contributed by atoms with Gasteiger partial charge >= 0.3 is 0 Å². The summed E-state index contributed by atoms with van der Waals surface area (Å²) in [4.78, 5) is 19.6. The fraction of sp³-hybridized carbons (Fsp3) is 0.458. The van der Waals surface area contributed by atoms with Gasteiger partial charge in [-0.1, -0.05) is 12.1 Å². The molecule has 0 radical (unpaired) electrons. The molecule has 2 N–H and O–H groups in total. The average molecular weight is 480 g/mol. The Balaban J connectivity index is 1.35. The fourth-order valence-electron chi connectivity index (χ4n) is 4.87. The van der Waals surface area contributed by atoms with Crippen LogP contribution in [0.3, 0.4) is 0 Å². The van der Waals surface area contributed by atoms with Crippen molar-refractivity contribution < 1.29 is 9.84 Å². The van der Waals surface area contributed by atoms with E-state index in [0.717, 1.165) is 90.7 Å². The molecule has 5 heterocycles. The first-order valence-electron chi connectivity index (χ1n) is 11.9. The SMILES string of the molecule is OCCN1CCN(Cc2cc3c(N4CCOCC4)nc(-c4cccc5[nH]ncc45)nc3s2)CC1.